The second kappa shape index (κ2) is 9.22. The van der Waals surface area contributed by atoms with E-state index < -0.39 is 20.7 Å². The quantitative estimate of drug-likeness (QED) is 0.367. The molecule has 0 aliphatic carbocycles. The summed E-state index contributed by atoms with van der Waals surface area (Å²) in [5, 5.41) is 7.88. The van der Waals surface area contributed by atoms with Crippen molar-refractivity contribution in [3.63, 3.8) is 0 Å². The van der Waals surface area contributed by atoms with Gasteiger partial charge >= 0.3 is 0 Å². The van der Waals surface area contributed by atoms with Crippen molar-refractivity contribution in [3.05, 3.63) is 47.1 Å². The second-order valence-corrected chi connectivity index (χ2v) is 10.7. The smallest absolute Gasteiger partial charge is 0.266 e. The van der Waals surface area contributed by atoms with Crippen molar-refractivity contribution >= 4 is 38.5 Å². The molecule has 1 saturated heterocycles. The molecule has 188 valence electrons. The first-order valence-electron chi connectivity index (χ1n) is 11.0. The molecule has 0 radical (unpaired) electrons. The first kappa shape index (κ1) is 24.3. The van der Waals surface area contributed by atoms with Crippen LogP contribution in [0.5, 0.6) is 5.88 Å². The van der Waals surface area contributed by atoms with Crippen LogP contribution in [-0.4, -0.2) is 68.7 Å². The molecule has 0 unspecified atom stereocenters. The number of sulfonamides is 1. The van der Waals surface area contributed by atoms with Gasteiger partial charge in [-0.3, -0.25) is 14.7 Å². The third kappa shape index (κ3) is 4.68. The molecule has 1 aliphatic heterocycles. The van der Waals surface area contributed by atoms with Crippen LogP contribution in [0.15, 0.2) is 35.5 Å². The van der Waals surface area contributed by atoms with Crippen molar-refractivity contribution in [1.82, 2.24) is 35.0 Å². The second-order valence-electron chi connectivity index (χ2n) is 8.65. The average molecular weight is 533 g/mol. The van der Waals surface area contributed by atoms with Gasteiger partial charge in [0.15, 0.2) is 17.3 Å². The normalized spacial score (nSPS) is 14.8. The number of rotatable bonds is 7. The third-order valence-electron chi connectivity index (χ3n) is 5.75. The van der Waals surface area contributed by atoms with Crippen LogP contribution >= 0.6 is 11.6 Å². The molecule has 0 saturated carbocycles. The maximum Gasteiger partial charge on any atom is 0.266 e. The Kier molecular flexibility index (Phi) is 6.22. The first-order valence-corrected chi connectivity index (χ1v) is 12.9. The summed E-state index contributed by atoms with van der Waals surface area (Å²) in [5.74, 6) is -0.456. The Bertz CT molecular complexity index is 1540. The number of hydrogen-bond donors (Lipinski definition) is 2. The molecule has 14 heteroatoms. The Morgan fingerprint density at radius 3 is 2.69 bits per heavy atom. The minimum atomic E-state index is -4.28. The topological polar surface area (TPSA) is 139 Å². The molecule has 0 spiro atoms. The van der Waals surface area contributed by atoms with Crippen molar-refractivity contribution in [2.75, 3.05) is 17.8 Å². The van der Waals surface area contributed by atoms with E-state index in [1.54, 1.807) is 0 Å². The number of halogens is 2. The van der Waals surface area contributed by atoms with Crippen molar-refractivity contribution in [2.24, 2.45) is 0 Å². The third-order valence-corrected chi connectivity index (χ3v) is 7.35. The Balaban J connectivity index is 1.40. The molecule has 2 N–H and O–H groups in total. The largest absolute Gasteiger partial charge is 0.471 e. The molecule has 0 atom stereocenters. The van der Waals surface area contributed by atoms with Crippen molar-refractivity contribution in [2.45, 2.75) is 37.8 Å². The lowest BCUT2D eigenvalue weighted by molar-refractivity contribution is -0.00136. The number of anilines is 1. The number of ether oxygens (including phenoxy) is 1. The van der Waals surface area contributed by atoms with Crippen LogP contribution in [0, 0.1) is 12.7 Å². The number of hydrogen-bond acceptors (Lipinski definition) is 9. The summed E-state index contributed by atoms with van der Waals surface area (Å²) in [5.41, 5.74) is 1.46. The molecule has 4 heterocycles. The number of nitrogens with one attached hydrogen (secondary N) is 2. The summed E-state index contributed by atoms with van der Waals surface area (Å²) in [6.07, 6.45) is 2.48. The van der Waals surface area contributed by atoms with Gasteiger partial charge in [-0.2, -0.15) is 10.1 Å². The van der Waals surface area contributed by atoms with Gasteiger partial charge in [-0.15, -0.1) is 0 Å². The van der Waals surface area contributed by atoms with Gasteiger partial charge in [-0.25, -0.2) is 27.8 Å². The molecule has 1 aliphatic rings. The van der Waals surface area contributed by atoms with Gasteiger partial charge in [0.25, 0.3) is 10.0 Å². The van der Waals surface area contributed by atoms with Crippen LogP contribution in [0.2, 0.25) is 5.02 Å². The predicted molar refractivity (Wildman–Crippen MR) is 131 cm³/mol. The number of fused-ring (bicyclic) bond motifs is 1. The van der Waals surface area contributed by atoms with Crippen LogP contribution in [0.4, 0.5) is 10.2 Å². The molecule has 0 bridgehead atoms. The number of aromatic amines is 1. The highest BCUT2D eigenvalue weighted by Crippen LogP contribution is 2.30. The molecule has 1 fully saturated rings. The average Bonchev–Trinajstić information content (AvgIpc) is 3.18. The number of benzene rings is 1. The zero-order chi connectivity index (χ0) is 25.6. The molecule has 3 aromatic heterocycles. The lowest BCUT2D eigenvalue weighted by Crippen LogP contribution is -2.56. The summed E-state index contributed by atoms with van der Waals surface area (Å²) in [4.78, 5) is 19.0. The molecule has 11 nitrogen and oxygen atoms in total. The summed E-state index contributed by atoms with van der Waals surface area (Å²) < 4.78 is 47.6. The summed E-state index contributed by atoms with van der Waals surface area (Å²) >= 11 is 5.81. The van der Waals surface area contributed by atoms with Gasteiger partial charge in [0.2, 0.25) is 5.88 Å². The molecule has 4 aromatic rings. The minimum Gasteiger partial charge on any atom is -0.471 e. The maximum atomic E-state index is 14.0. The Morgan fingerprint density at radius 2 is 2.00 bits per heavy atom. The molecule has 5 rings (SSSR count). The van der Waals surface area contributed by atoms with E-state index in [1.165, 1.54) is 18.5 Å². The highest BCUT2D eigenvalue weighted by atomic mass is 35.5. The number of H-pyrrole nitrogens is 1. The zero-order valence-electron chi connectivity index (χ0n) is 19.5. The van der Waals surface area contributed by atoms with Gasteiger partial charge < -0.3 is 4.74 Å². The van der Waals surface area contributed by atoms with E-state index in [4.69, 9.17) is 16.3 Å². The maximum absolute atomic E-state index is 14.0. The molecular formula is C22H22ClFN8O3S. The minimum absolute atomic E-state index is 0.0117. The Hall–Kier alpha value is -3.42. The molecule has 36 heavy (non-hydrogen) atoms. The van der Waals surface area contributed by atoms with Gasteiger partial charge in [-0.05, 0) is 39.0 Å². The van der Waals surface area contributed by atoms with Crippen LogP contribution in [0.3, 0.4) is 0 Å². The Labute approximate surface area is 211 Å². The fourth-order valence-electron chi connectivity index (χ4n) is 3.73. The van der Waals surface area contributed by atoms with E-state index in [0.29, 0.717) is 23.0 Å². The standard InChI is InChI=1S/C22H22ClFN8O3S/c1-11(2)32-9-14(10-32)35-22-19-12(3)29-30-21(19)27-20(28-22)16-7-26-18(8-25-16)31-36(33,34)17-6-13(23)4-5-15(17)24/h4-8,11,14H,9-10H2,1-3H3,(H,26,31)(H,27,28,29,30). The fourth-order valence-corrected chi connectivity index (χ4v) is 5.06. The molecule has 1 aromatic carbocycles. The Morgan fingerprint density at radius 1 is 1.22 bits per heavy atom. The summed E-state index contributed by atoms with van der Waals surface area (Å²) in [7, 11) is -4.28. The number of aryl methyl sites for hydroxylation is 1. The van der Waals surface area contributed by atoms with Gasteiger partial charge in [0, 0.05) is 29.8 Å². The lowest BCUT2D eigenvalue weighted by Gasteiger charge is -2.41. The van der Waals surface area contributed by atoms with E-state index in [9.17, 15) is 12.8 Å². The van der Waals surface area contributed by atoms with Crippen molar-refractivity contribution in [3.8, 4) is 17.4 Å². The first-order chi connectivity index (χ1) is 17.1. The van der Waals surface area contributed by atoms with E-state index in [-0.39, 0.29) is 28.5 Å². The van der Waals surface area contributed by atoms with Crippen LogP contribution in [-0.2, 0) is 10.0 Å². The van der Waals surface area contributed by atoms with Crippen LogP contribution in [0.1, 0.15) is 19.5 Å². The molecule has 0 amide bonds. The zero-order valence-corrected chi connectivity index (χ0v) is 21.1. The van der Waals surface area contributed by atoms with Crippen LogP contribution < -0.4 is 9.46 Å². The summed E-state index contributed by atoms with van der Waals surface area (Å²) in [6, 6.07) is 3.67. The highest BCUT2D eigenvalue weighted by Gasteiger charge is 2.31. The van der Waals surface area contributed by atoms with Gasteiger partial charge in [-0.1, -0.05) is 11.6 Å². The van der Waals surface area contributed by atoms with Gasteiger partial charge in [0.05, 0.1) is 12.4 Å². The lowest BCUT2D eigenvalue weighted by atomic mass is 10.1. The summed E-state index contributed by atoms with van der Waals surface area (Å²) in [6.45, 7) is 7.70. The number of aromatic nitrogens is 6. The predicted octanol–water partition coefficient (Wildman–Crippen LogP) is 3.18. The molecular weight excluding hydrogens is 511 g/mol. The highest BCUT2D eigenvalue weighted by molar-refractivity contribution is 7.92. The van der Waals surface area contributed by atoms with E-state index in [1.807, 2.05) is 6.92 Å². The monoisotopic (exact) mass is 532 g/mol. The van der Waals surface area contributed by atoms with E-state index in [0.717, 1.165) is 30.9 Å². The van der Waals surface area contributed by atoms with Crippen molar-refractivity contribution in [1.29, 1.82) is 0 Å². The van der Waals surface area contributed by atoms with Crippen LogP contribution in [0.25, 0.3) is 22.6 Å². The van der Waals surface area contributed by atoms with Crippen molar-refractivity contribution < 1.29 is 17.5 Å². The van der Waals surface area contributed by atoms with Gasteiger partial charge in [0.1, 0.15) is 27.9 Å². The fraction of sp³-hybridized carbons (Fsp3) is 0.318. The number of likely N-dealkylation sites (tertiary alicyclic amines) is 1. The van der Waals surface area contributed by atoms with E-state index >= 15 is 0 Å². The van der Waals surface area contributed by atoms with E-state index in [2.05, 4.69) is 53.6 Å². The number of nitrogens with zero attached hydrogens (tertiary/aromatic N) is 6. The SMILES string of the molecule is Cc1[nH]nc2nc(-c3cnc(NS(=O)(=O)c4cc(Cl)ccc4F)cn3)nc(OC3CN(C(C)C)C3)c12.